The monoisotopic (exact) mass is 307 g/mol. The smallest absolute Gasteiger partial charge is 0.358 e. The Balaban J connectivity index is 2.12. The van der Waals surface area contributed by atoms with Crippen LogP contribution in [0.1, 0.15) is 0 Å². The first-order valence-electron chi connectivity index (χ1n) is 5.80. The van der Waals surface area contributed by atoms with Gasteiger partial charge in [0.05, 0.1) is 11.1 Å². The first-order chi connectivity index (χ1) is 10.1. The summed E-state index contributed by atoms with van der Waals surface area (Å²) in [6, 6.07) is 7.98. The summed E-state index contributed by atoms with van der Waals surface area (Å²) in [7, 11) is 0. The molecule has 0 unspecified atom stereocenters. The molecule has 0 aliphatic rings. The van der Waals surface area contributed by atoms with E-state index in [2.05, 4.69) is 4.98 Å². The Morgan fingerprint density at radius 2 is 2.05 bits per heavy atom. The molecule has 0 radical (unpaired) electrons. The van der Waals surface area contributed by atoms with Crippen molar-refractivity contribution in [3.8, 4) is 0 Å². The van der Waals surface area contributed by atoms with Crippen LogP contribution in [0.25, 0.3) is 5.65 Å². The van der Waals surface area contributed by atoms with E-state index < -0.39 is 16.6 Å². The normalized spacial score (nSPS) is 11.0. The minimum atomic E-state index is -0.786. The largest absolute Gasteiger partial charge is 0.362 e. The van der Waals surface area contributed by atoms with Gasteiger partial charge in [0.15, 0.2) is 5.03 Å². The summed E-state index contributed by atoms with van der Waals surface area (Å²) in [4.78, 5) is 14.8. The van der Waals surface area contributed by atoms with Gasteiger partial charge in [-0.1, -0.05) is 17.8 Å². The predicted octanol–water partition coefficient (Wildman–Crippen LogP) is 3.67. The molecule has 2 heterocycles. The molecule has 106 valence electrons. The Morgan fingerprint density at radius 3 is 2.76 bits per heavy atom. The number of fused-ring (bicyclic) bond motifs is 1. The number of pyridine rings is 1. The van der Waals surface area contributed by atoms with E-state index in [0.717, 1.165) is 23.9 Å². The molecular formula is C13H7F2N3O2S. The van der Waals surface area contributed by atoms with Crippen molar-refractivity contribution in [2.75, 3.05) is 0 Å². The fraction of sp³-hybridized carbons (Fsp3) is 0. The highest BCUT2D eigenvalue weighted by molar-refractivity contribution is 7.99. The zero-order valence-electron chi connectivity index (χ0n) is 10.4. The molecule has 8 heteroatoms. The van der Waals surface area contributed by atoms with Gasteiger partial charge < -0.3 is 10.1 Å². The molecule has 2 aromatic heterocycles. The molecule has 5 nitrogen and oxygen atoms in total. The Morgan fingerprint density at radius 1 is 1.24 bits per heavy atom. The number of hydrogen-bond donors (Lipinski definition) is 0. The van der Waals surface area contributed by atoms with Crippen LogP contribution in [0.5, 0.6) is 0 Å². The van der Waals surface area contributed by atoms with E-state index >= 15 is 0 Å². The molecule has 3 rings (SSSR count). The van der Waals surface area contributed by atoms with Gasteiger partial charge in [0.1, 0.15) is 11.6 Å². The van der Waals surface area contributed by atoms with Crippen molar-refractivity contribution < 1.29 is 13.7 Å². The molecule has 0 spiro atoms. The average molecular weight is 307 g/mol. The number of halogens is 2. The molecule has 0 N–H and O–H groups in total. The van der Waals surface area contributed by atoms with Gasteiger partial charge in [-0.05, 0) is 23.1 Å². The zero-order valence-corrected chi connectivity index (χ0v) is 11.2. The summed E-state index contributed by atoms with van der Waals surface area (Å²) in [5.41, 5.74) is 0.384. The SMILES string of the molecule is O=[N+]([O-])c1c(Sc2ccc(F)cc2F)nc2ccccn12. The van der Waals surface area contributed by atoms with E-state index in [-0.39, 0.29) is 15.7 Å². The maximum atomic E-state index is 13.7. The standard InChI is InChI=1S/C13H7F2N3O2S/c14-8-4-5-10(9(15)7-8)21-12-13(18(19)20)17-6-2-1-3-11(17)16-12/h1-7H. The van der Waals surface area contributed by atoms with Crippen LogP contribution >= 0.6 is 11.8 Å². The van der Waals surface area contributed by atoms with E-state index in [9.17, 15) is 18.9 Å². The summed E-state index contributed by atoms with van der Waals surface area (Å²) >= 11 is 0.788. The van der Waals surface area contributed by atoms with E-state index in [1.165, 1.54) is 16.7 Å². The molecule has 0 amide bonds. The van der Waals surface area contributed by atoms with E-state index in [0.29, 0.717) is 5.65 Å². The third-order valence-electron chi connectivity index (χ3n) is 2.75. The second kappa shape index (κ2) is 5.13. The van der Waals surface area contributed by atoms with Crippen LogP contribution in [0.4, 0.5) is 14.6 Å². The van der Waals surface area contributed by atoms with Gasteiger partial charge in [-0.15, -0.1) is 0 Å². The van der Waals surface area contributed by atoms with Crippen molar-refractivity contribution in [2.24, 2.45) is 0 Å². The molecule has 0 aliphatic heterocycles. The maximum absolute atomic E-state index is 13.7. The van der Waals surface area contributed by atoms with Crippen LogP contribution in [0.2, 0.25) is 0 Å². The van der Waals surface area contributed by atoms with Crippen LogP contribution < -0.4 is 0 Å². The molecular weight excluding hydrogens is 300 g/mol. The first-order valence-corrected chi connectivity index (χ1v) is 6.62. The number of nitrogens with zero attached hydrogens (tertiary/aromatic N) is 3. The lowest BCUT2D eigenvalue weighted by molar-refractivity contribution is -0.393. The molecule has 3 aromatic rings. The topological polar surface area (TPSA) is 60.4 Å². The van der Waals surface area contributed by atoms with Crippen molar-refractivity contribution in [3.05, 3.63) is 64.3 Å². The van der Waals surface area contributed by atoms with Crippen molar-refractivity contribution in [3.63, 3.8) is 0 Å². The molecule has 0 fully saturated rings. The van der Waals surface area contributed by atoms with E-state index in [4.69, 9.17) is 0 Å². The summed E-state index contributed by atoms with van der Waals surface area (Å²) in [6.45, 7) is 0. The minimum absolute atomic E-state index is 0.0525. The Kier molecular flexibility index (Phi) is 3.30. The minimum Gasteiger partial charge on any atom is -0.358 e. The third-order valence-corrected chi connectivity index (χ3v) is 3.77. The van der Waals surface area contributed by atoms with Gasteiger partial charge in [0.2, 0.25) is 5.65 Å². The summed E-state index contributed by atoms with van der Waals surface area (Å²) < 4.78 is 27.9. The van der Waals surface area contributed by atoms with E-state index in [1.807, 2.05) is 0 Å². The summed E-state index contributed by atoms with van der Waals surface area (Å²) in [6.07, 6.45) is 1.51. The Labute approximate surface area is 121 Å². The highest BCUT2D eigenvalue weighted by Crippen LogP contribution is 2.36. The van der Waals surface area contributed by atoms with Crippen molar-refractivity contribution in [1.29, 1.82) is 0 Å². The molecule has 21 heavy (non-hydrogen) atoms. The van der Waals surface area contributed by atoms with Crippen LogP contribution in [-0.4, -0.2) is 14.3 Å². The average Bonchev–Trinajstić information content (AvgIpc) is 2.80. The van der Waals surface area contributed by atoms with Gasteiger partial charge >= 0.3 is 5.82 Å². The molecule has 0 saturated heterocycles. The lowest BCUT2D eigenvalue weighted by Crippen LogP contribution is -1.95. The fourth-order valence-electron chi connectivity index (χ4n) is 1.86. The van der Waals surface area contributed by atoms with Gasteiger partial charge in [0.25, 0.3) is 0 Å². The molecule has 0 saturated carbocycles. The van der Waals surface area contributed by atoms with Gasteiger partial charge in [0, 0.05) is 12.1 Å². The van der Waals surface area contributed by atoms with Gasteiger partial charge in [-0.2, -0.15) is 9.38 Å². The number of nitro groups is 1. The second-order valence-electron chi connectivity index (χ2n) is 4.10. The van der Waals surface area contributed by atoms with Crippen LogP contribution in [0.3, 0.4) is 0 Å². The third kappa shape index (κ3) is 2.45. The predicted molar refractivity (Wildman–Crippen MR) is 72.3 cm³/mol. The number of imidazole rings is 1. The van der Waals surface area contributed by atoms with Crippen molar-refractivity contribution in [1.82, 2.24) is 9.38 Å². The highest BCUT2D eigenvalue weighted by atomic mass is 32.2. The number of benzene rings is 1. The second-order valence-corrected chi connectivity index (χ2v) is 5.13. The molecule has 1 aromatic carbocycles. The first kappa shape index (κ1) is 13.5. The number of hydrogen-bond acceptors (Lipinski definition) is 4. The van der Waals surface area contributed by atoms with Crippen LogP contribution in [0, 0.1) is 21.7 Å². The van der Waals surface area contributed by atoms with Crippen LogP contribution in [-0.2, 0) is 0 Å². The Bertz CT molecular complexity index is 851. The Hall–Kier alpha value is -2.48. The molecule has 0 atom stereocenters. The van der Waals surface area contributed by atoms with E-state index in [1.54, 1.807) is 18.2 Å². The molecule has 0 bridgehead atoms. The lowest BCUT2D eigenvalue weighted by atomic mass is 10.3. The van der Waals surface area contributed by atoms with Gasteiger partial charge in [-0.25, -0.2) is 8.78 Å². The highest BCUT2D eigenvalue weighted by Gasteiger charge is 2.24. The number of rotatable bonds is 3. The quantitative estimate of drug-likeness (QED) is 0.547. The maximum Gasteiger partial charge on any atom is 0.362 e. The summed E-state index contributed by atoms with van der Waals surface area (Å²) in [5.74, 6) is -1.74. The number of aromatic nitrogens is 2. The molecule has 0 aliphatic carbocycles. The zero-order chi connectivity index (χ0) is 15.0. The lowest BCUT2D eigenvalue weighted by Gasteiger charge is -2.01. The fourth-order valence-corrected chi connectivity index (χ4v) is 2.76. The van der Waals surface area contributed by atoms with Crippen molar-refractivity contribution >= 4 is 23.2 Å². The van der Waals surface area contributed by atoms with Crippen LogP contribution in [0.15, 0.2) is 52.5 Å². The van der Waals surface area contributed by atoms with Gasteiger partial charge in [-0.3, -0.25) is 0 Å². The summed E-state index contributed by atoms with van der Waals surface area (Å²) in [5, 5.41) is 11.3. The van der Waals surface area contributed by atoms with Crippen molar-refractivity contribution in [2.45, 2.75) is 9.92 Å².